The zero-order valence-corrected chi connectivity index (χ0v) is 13.1. The Hall–Kier alpha value is -3.78. The highest BCUT2D eigenvalue weighted by atomic mass is 19.1. The molecule has 0 saturated carbocycles. The maximum Gasteiger partial charge on any atom is 0.246 e. The summed E-state index contributed by atoms with van der Waals surface area (Å²) in [6, 6.07) is 7.66. The van der Waals surface area contributed by atoms with E-state index in [0.29, 0.717) is 18.0 Å². The van der Waals surface area contributed by atoms with E-state index in [-0.39, 0.29) is 17.0 Å². The summed E-state index contributed by atoms with van der Waals surface area (Å²) in [6.45, 7) is 2.17. The number of imidazole rings is 1. The van der Waals surface area contributed by atoms with Crippen LogP contribution in [-0.2, 0) is 6.54 Å². The number of halogens is 1. The zero-order chi connectivity index (χ0) is 17.8. The van der Waals surface area contributed by atoms with Gasteiger partial charge in [0.05, 0.1) is 5.56 Å². The highest BCUT2D eigenvalue weighted by Crippen LogP contribution is 2.23. The van der Waals surface area contributed by atoms with Crippen molar-refractivity contribution >= 4 is 6.08 Å². The molecule has 0 spiro atoms. The van der Waals surface area contributed by atoms with E-state index < -0.39 is 5.82 Å². The van der Waals surface area contributed by atoms with E-state index in [1.165, 1.54) is 24.3 Å². The largest absolute Gasteiger partial charge is 0.337 e. The molecule has 0 unspecified atom stereocenters. The Bertz CT molecular complexity index is 1020. The Morgan fingerprint density at radius 3 is 2.84 bits per heavy atom. The van der Waals surface area contributed by atoms with Gasteiger partial charge in [0.1, 0.15) is 35.9 Å². The summed E-state index contributed by atoms with van der Waals surface area (Å²) in [5.41, 5.74) is 0.537. The van der Waals surface area contributed by atoms with Crippen molar-refractivity contribution in [1.82, 2.24) is 19.7 Å². The van der Waals surface area contributed by atoms with E-state index in [2.05, 4.69) is 15.1 Å². The van der Waals surface area contributed by atoms with Crippen LogP contribution in [0.2, 0.25) is 0 Å². The fourth-order valence-electron chi connectivity index (χ4n) is 2.21. The second-order valence-corrected chi connectivity index (χ2v) is 5.13. The number of aromatic nitrogens is 4. The third-order valence-electron chi connectivity index (χ3n) is 3.48. The molecule has 3 rings (SSSR count). The third-order valence-corrected chi connectivity index (χ3v) is 3.48. The van der Waals surface area contributed by atoms with Crippen molar-refractivity contribution in [3.8, 4) is 23.5 Å². The average Bonchev–Trinajstić information content (AvgIpc) is 3.24. The summed E-state index contributed by atoms with van der Waals surface area (Å²) in [6.07, 6.45) is 4.79. The van der Waals surface area contributed by atoms with Gasteiger partial charge >= 0.3 is 0 Å². The van der Waals surface area contributed by atoms with Gasteiger partial charge < -0.3 is 9.09 Å². The van der Waals surface area contributed by atoms with Gasteiger partial charge in [-0.1, -0.05) is 11.2 Å². The monoisotopic (exact) mass is 334 g/mol. The van der Waals surface area contributed by atoms with Crippen molar-refractivity contribution in [2.45, 2.75) is 13.5 Å². The summed E-state index contributed by atoms with van der Waals surface area (Å²) < 4.78 is 21.1. The number of aryl methyl sites for hydroxylation is 1. The molecule has 0 bridgehead atoms. The smallest absolute Gasteiger partial charge is 0.246 e. The first-order valence-electron chi connectivity index (χ1n) is 7.23. The summed E-state index contributed by atoms with van der Waals surface area (Å²) in [5, 5.41) is 21.4. The fourth-order valence-corrected chi connectivity index (χ4v) is 2.21. The molecule has 0 aliphatic heterocycles. The summed E-state index contributed by atoms with van der Waals surface area (Å²) in [7, 11) is 0. The molecular formula is C17H11FN6O. The van der Waals surface area contributed by atoms with E-state index in [4.69, 9.17) is 15.0 Å². The maximum absolute atomic E-state index is 14.1. The molecule has 0 fully saturated rings. The molecular weight excluding hydrogens is 323 g/mol. The van der Waals surface area contributed by atoms with Crippen molar-refractivity contribution in [2.24, 2.45) is 0 Å². The van der Waals surface area contributed by atoms with E-state index in [1.54, 1.807) is 24.5 Å². The van der Waals surface area contributed by atoms with Crippen LogP contribution in [0.3, 0.4) is 0 Å². The molecule has 0 radical (unpaired) electrons. The minimum Gasteiger partial charge on any atom is -0.337 e. The van der Waals surface area contributed by atoms with Crippen LogP contribution in [0.1, 0.15) is 17.3 Å². The number of allylic oxidation sites excluding steroid dienone is 1. The van der Waals surface area contributed by atoms with E-state index in [9.17, 15) is 4.39 Å². The Balaban J connectivity index is 1.92. The minimum atomic E-state index is -0.529. The lowest BCUT2D eigenvalue weighted by Gasteiger charge is -2.00. The van der Waals surface area contributed by atoms with Gasteiger partial charge in [-0.2, -0.15) is 15.5 Å². The van der Waals surface area contributed by atoms with Crippen molar-refractivity contribution in [2.75, 3.05) is 0 Å². The molecule has 2 heterocycles. The molecule has 0 atom stereocenters. The molecule has 0 amide bonds. The first kappa shape index (κ1) is 16.1. The first-order valence-corrected chi connectivity index (χ1v) is 7.23. The third kappa shape index (κ3) is 3.43. The molecule has 2 aromatic heterocycles. The lowest BCUT2D eigenvalue weighted by molar-refractivity contribution is 0.370. The number of benzene rings is 1. The normalized spacial score (nSPS) is 10.1. The van der Waals surface area contributed by atoms with Crippen LogP contribution in [0.15, 0.2) is 40.7 Å². The molecule has 1 aromatic carbocycles. The van der Waals surface area contributed by atoms with Gasteiger partial charge in [-0.15, -0.1) is 0 Å². The van der Waals surface area contributed by atoms with Crippen LogP contribution >= 0.6 is 0 Å². The Morgan fingerprint density at radius 2 is 2.16 bits per heavy atom. The topological polar surface area (TPSA) is 104 Å². The minimum absolute atomic E-state index is 0.0815. The molecule has 0 aliphatic rings. The first-order chi connectivity index (χ1) is 12.1. The summed E-state index contributed by atoms with van der Waals surface area (Å²) >= 11 is 0. The van der Waals surface area contributed by atoms with Gasteiger partial charge in [-0.3, -0.25) is 0 Å². The van der Waals surface area contributed by atoms with E-state index in [0.717, 1.165) is 5.82 Å². The van der Waals surface area contributed by atoms with E-state index in [1.807, 2.05) is 11.5 Å². The molecule has 3 aromatic rings. The number of hydrogen-bond donors (Lipinski definition) is 0. The number of nitriles is 2. The molecule has 8 heteroatoms. The van der Waals surface area contributed by atoms with Crippen LogP contribution in [0.5, 0.6) is 0 Å². The molecule has 0 saturated heterocycles. The standard InChI is InChI=1S/C17H11FN6O/c1-11-21-4-5-24(11)10-16-22-17(23-25-16)14-7-12(2-3-15(14)18)6-13(8-19)9-20/h2-7H,10H2,1H3. The molecule has 122 valence electrons. The maximum atomic E-state index is 14.1. The molecule has 25 heavy (non-hydrogen) atoms. The van der Waals surface area contributed by atoms with Gasteiger partial charge in [0.2, 0.25) is 11.7 Å². The quantitative estimate of drug-likeness (QED) is 0.679. The van der Waals surface area contributed by atoms with E-state index >= 15 is 0 Å². The highest BCUT2D eigenvalue weighted by molar-refractivity contribution is 5.67. The lowest BCUT2D eigenvalue weighted by Crippen LogP contribution is -2.01. The molecule has 0 aliphatic carbocycles. The van der Waals surface area contributed by atoms with Gasteiger partial charge in [-0.05, 0) is 30.7 Å². The molecule has 0 N–H and O–H groups in total. The number of rotatable bonds is 4. The van der Waals surface area contributed by atoms with Crippen LogP contribution in [0.25, 0.3) is 17.5 Å². The van der Waals surface area contributed by atoms with Crippen LogP contribution < -0.4 is 0 Å². The average molecular weight is 334 g/mol. The van der Waals surface area contributed by atoms with Crippen molar-refractivity contribution < 1.29 is 8.91 Å². The summed E-state index contributed by atoms with van der Waals surface area (Å²) in [5.74, 6) is 0.666. The van der Waals surface area contributed by atoms with Crippen molar-refractivity contribution in [1.29, 1.82) is 10.5 Å². The van der Waals surface area contributed by atoms with Crippen LogP contribution in [-0.4, -0.2) is 19.7 Å². The summed E-state index contributed by atoms with van der Waals surface area (Å²) in [4.78, 5) is 8.30. The predicted molar refractivity (Wildman–Crippen MR) is 85.0 cm³/mol. The Morgan fingerprint density at radius 1 is 1.36 bits per heavy atom. The second-order valence-electron chi connectivity index (χ2n) is 5.13. The zero-order valence-electron chi connectivity index (χ0n) is 13.1. The lowest BCUT2D eigenvalue weighted by atomic mass is 10.1. The Labute approximate surface area is 142 Å². The van der Waals surface area contributed by atoms with Crippen LogP contribution in [0.4, 0.5) is 4.39 Å². The number of nitrogens with zero attached hydrogens (tertiary/aromatic N) is 6. The van der Waals surface area contributed by atoms with Gasteiger partial charge in [0.25, 0.3) is 0 Å². The van der Waals surface area contributed by atoms with Crippen molar-refractivity contribution in [3.63, 3.8) is 0 Å². The van der Waals surface area contributed by atoms with Gasteiger partial charge in [0, 0.05) is 12.4 Å². The molecule has 7 nitrogen and oxygen atoms in total. The number of hydrogen-bond acceptors (Lipinski definition) is 6. The van der Waals surface area contributed by atoms with Gasteiger partial charge in [-0.25, -0.2) is 9.37 Å². The SMILES string of the molecule is Cc1nccn1Cc1nc(-c2cc(C=C(C#N)C#N)ccc2F)no1. The fraction of sp³-hybridized carbons (Fsp3) is 0.118. The predicted octanol–water partition coefficient (Wildman–Crippen LogP) is 2.86. The highest BCUT2D eigenvalue weighted by Gasteiger charge is 2.14. The Kier molecular flexibility index (Phi) is 4.36. The second kappa shape index (κ2) is 6.77. The van der Waals surface area contributed by atoms with Crippen LogP contribution in [0, 0.1) is 35.4 Å². The van der Waals surface area contributed by atoms with Crippen molar-refractivity contribution in [3.05, 3.63) is 59.3 Å². The van der Waals surface area contributed by atoms with Gasteiger partial charge in [0.15, 0.2) is 0 Å².